The lowest BCUT2D eigenvalue weighted by atomic mass is 10.4. The van der Waals surface area contributed by atoms with Crippen LogP contribution in [-0.2, 0) is 4.79 Å². The van der Waals surface area contributed by atoms with Crippen molar-refractivity contribution >= 4 is 17.7 Å². The number of aromatic nitrogens is 1. The summed E-state index contributed by atoms with van der Waals surface area (Å²) in [6.07, 6.45) is 1.18. The molecule has 1 atom stereocenters. The third-order valence-corrected chi connectivity index (χ3v) is 2.53. The van der Waals surface area contributed by atoms with Gasteiger partial charge in [0, 0.05) is 12.7 Å². The molecule has 4 nitrogen and oxygen atoms in total. The van der Waals surface area contributed by atoms with Gasteiger partial charge in [-0.3, -0.25) is 4.79 Å². The second kappa shape index (κ2) is 6.42. The van der Waals surface area contributed by atoms with Gasteiger partial charge in [0.05, 0.1) is 16.9 Å². The highest BCUT2D eigenvalue weighted by atomic mass is 32.2. The lowest BCUT2D eigenvalue weighted by molar-refractivity contribution is -0.118. The average Bonchev–Trinajstić information content (AvgIpc) is 2.25. The van der Waals surface area contributed by atoms with Crippen LogP contribution in [0.15, 0.2) is 29.4 Å². The Hall–Kier alpha value is -1.07. The van der Waals surface area contributed by atoms with Crippen LogP contribution in [0.2, 0.25) is 0 Å². The SMILES string of the molecule is CC(O)CNC(=O)CSc1ccccn1. The number of hydrogen-bond acceptors (Lipinski definition) is 4. The molecule has 1 rings (SSSR count). The monoisotopic (exact) mass is 226 g/mol. The van der Waals surface area contributed by atoms with Crippen LogP contribution in [0.4, 0.5) is 0 Å². The summed E-state index contributed by atoms with van der Waals surface area (Å²) in [6, 6.07) is 5.56. The maximum absolute atomic E-state index is 11.2. The molecule has 0 bridgehead atoms. The molecule has 1 aromatic heterocycles. The Morgan fingerprint density at radius 2 is 2.47 bits per heavy atom. The lowest BCUT2D eigenvalue weighted by Gasteiger charge is -2.06. The topological polar surface area (TPSA) is 62.2 Å². The highest BCUT2D eigenvalue weighted by Gasteiger charge is 2.03. The summed E-state index contributed by atoms with van der Waals surface area (Å²) in [4.78, 5) is 15.3. The van der Waals surface area contributed by atoms with Gasteiger partial charge in [-0.2, -0.15) is 0 Å². The number of aliphatic hydroxyl groups excluding tert-OH is 1. The molecule has 82 valence electrons. The number of nitrogens with zero attached hydrogens (tertiary/aromatic N) is 1. The first-order valence-corrected chi connectivity index (χ1v) is 5.65. The summed E-state index contributed by atoms with van der Waals surface area (Å²) in [5.74, 6) is 0.232. The third kappa shape index (κ3) is 5.39. The summed E-state index contributed by atoms with van der Waals surface area (Å²) in [5.41, 5.74) is 0. The van der Waals surface area contributed by atoms with E-state index < -0.39 is 6.10 Å². The number of amides is 1. The van der Waals surface area contributed by atoms with Gasteiger partial charge in [0.2, 0.25) is 5.91 Å². The molecule has 0 aromatic carbocycles. The largest absolute Gasteiger partial charge is 0.392 e. The third-order valence-electron chi connectivity index (χ3n) is 1.58. The van der Waals surface area contributed by atoms with Crippen molar-refractivity contribution < 1.29 is 9.90 Å². The molecule has 0 saturated heterocycles. The van der Waals surface area contributed by atoms with Crippen LogP contribution in [0.5, 0.6) is 0 Å². The quantitative estimate of drug-likeness (QED) is 0.724. The van der Waals surface area contributed by atoms with Crippen molar-refractivity contribution in [3.8, 4) is 0 Å². The van der Waals surface area contributed by atoms with Crippen molar-refractivity contribution in [2.75, 3.05) is 12.3 Å². The highest BCUT2D eigenvalue weighted by Crippen LogP contribution is 2.12. The van der Waals surface area contributed by atoms with Crippen molar-refractivity contribution in [2.45, 2.75) is 18.1 Å². The Kier molecular flexibility index (Phi) is 5.14. The molecule has 1 aromatic rings. The summed E-state index contributed by atoms with van der Waals surface area (Å²) >= 11 is 1.38. The summed E-state index contributed by atoms with van der Waals surface area (Å²) < 4.78 is 0. The van der Waals surface area contributed by atoms with Crippen molar-refractivity contribution in [3.63, 3.8) is 0 Å². The minimum Gasteiger partial charge on any atom is -0.392 e. The number of rotatable bonds is 5. The number of carbonyl (C=O) groups excluding carboxylic acids is 1. The van der Waals surface area contributed by atoms with Gasteiger partial charge in [0.25, 0.3) is 0 Å². The van der Waals surface area contributed by atoms with Crippen LogP contribution in [0, 0.1) is 0 Å². The Labute approximate surface area is 93.1 Å². The molecule has 5 heteroatoms. The van der Waals surface area contributed by atoms with Gasteiger partial charge in [0.15, 0.2) is 0 Å². The Balaban J connectivity index is 2.23. The van der Waals surface area contributed by atoms with Gasteiger partial charge in [-0.15, -0.1) is 0 Å². The van der Waals surface area contributed by atoms with E-state index in [4.69, 9.17) is 5.11 Å². The fourth-order valence-corrected chi connectivity index (χ4v) is 1.58. The number of carbonyl (C=O) groups is 1. The van der Waals surface area contributed by atoms with Gasteiger partial charge in [-0.1, -0.05) is 17.8 Å². The zero-order valence-electron chi connectivity index (χ0n) is 8.51. The van der Waals surface area contributed by atoms with Crippen molar-refractivity contribution in [2.24, 2.45) is 0 Å². The second-order valence-electron chi connectivity index (χ2n) is 3.11. The first-order valence-electron chi connectivity index (χ1n) is 4.67. The predicted molar refractivity (Wildman–Crippen MR) is 59.7 cm³/mol. The maximum atomic E-state index is 11.2. The first-order chi connectivity index (χ1) is 7.18. The van der Waals surface area contributed by atoms with Crippen molar-refractivity contribution in [1.82, 2.24) is 10.3 Å². The molecule has 1 unspecified atom stereocenters. The second-order valence-corrected chi connectivity index (χ2v) is 4.11. The Bertz CT molecular complexity index is 304. The Morgan fingerprint density at radius 3 is 3.07 bits per heavy atom. The fourth-order valence-electron chi connectivity index (χ4n) is 0.885. The van der Waals surface area contributed by atoms with E-state index in [1.54, 1.807) is 13.1 Å². The smallest absolute Gasteiger partial charge is 0.230 e. The maximum Gasteiger partial charge on any atom is 0.230 e. The average molecular weight is 226 g/mol. The van der Waals surface area contributed by atoms with Crippen molar-refractivity contribution in [3.05, 3.63) is 24.4 Å². The molecule has 0 aliphatic heterocycles. The molecule has 0 aliphatic rings. The van der Waals surface area contributed by atoms with Crippen LogP contribution in [0.25, 0.3) is 0 Å². The molecule has 1 amide bonds. The van der Waals surface area contributed by atoms with E-state index in [-0.39, 0.29) is 5.91 Å². The van der Waals surface area contributed by atoms with Crippen LogP contribution in [-0.4, -0.2) is 34.4 Å². The summed E-state index contributed by atoms with van der Waals surface area (Å²) in [6.45, 7) is 1.92. The van der Waals surface area contributed by atoms with Gasteiger partial charge in [-0.05, 0) is 19.1 Å². The highest BCUT2D eigenvalue weighted by molar-refractivity contribution is 7.99. The minimum absolute atomic E-state index is 0.0912. The van der Waals surface area contributed by atoms with E-state index in [0.29, 0.717) is 12.3 Å². The normalized spacial score (nSPS) is 12.1. The molecular weight excluding hydrogens is 212 g/mol. The fraction of sp³-hybridized carbons (Fsp3) is 0.400. The van der Waals surface area contributed by atoms with Gasteiger partial charge >= 0.3 is 0 Å². The van der Waals surface area contributed by atoms with Gasteiger partial charge < -0.3 is 10.4 Å². The molecule has 0 fully saturated rings. The zero-order valence-corrected chi connectivity index (χ0v) is 9.33. The van der Waals surface area contributed by atoms with Gasteiger partial charge in [-0.25, -0.2) is 4.98 Å². The van der Waals surface area contributed by atoms with E-state index >= 15 is 0 Å². The standard InChI is InChI=1S/C10H14N2O2S/c1-8(13)6-12-9(14)7-15-10-4-2-3-5-11-10/h2-5,8,13H,6-7H2,1H3,(H,12,14). The van der Waals surface area contributed by atoms with E-state index in [0.717, 1.165) is 5.03 Å². The molecule has 0 saturated carbocycles. The number of pyridine rings is 1. The lowest BCUT2D eigenvalue weighted by Crippen LogP contribution is -2.31. The summed E-state index contributed by atoms with van der Waals surface area (Å²) in [5, 5.41) is 12.4. The van der Waals surface area contributed by atoms with E-state index in [2.05, 4.69) is 10.3 Å². The number of thioether (sulfide) groups is 1. The minimum atomic E-state index is -0.506. The molecule has 0 spiro atoms. The van der Waals surface area contributed by atoms with Crippen LogP contribution in [0.1, 0.15) is 6.92 Å². The number of nitrogens with one attached hydrogen (secondary N) is 1. The molecule has 15 heavy (non-hydrogen) atoms. The predicted octanol–water partition coefficient (Wildman–Crippen LogP) is 0.671. The zero-order chi connectivity index (χ0) is 11.1. The molecule has 0 aliphatic carbocycles. The number of aliphatic hydroxyl groups is 1. The van der Waals surface area contributed by atoms with E-state index in [1.807, 2.05) is 18.2 Å². The molecule has 2 N–H and O–H groups in total. The van der Waals surface area contributed by atoms with Crippen LogP contribution in [0.3, 0.4) is 0 Å². The number of hydrogen-bond donors (Lipinski definition) is 2. The van der Waals surface area contributed by atoms with Crippen LogP contribution >= 0.6 is 11.8 Å². The van der Waals surface area contributed by atoms with Gasteiger partial charge in [0.1, 0.15) is 0 Å². The summed E-state index contributed by atoms with van der Waals surface area (Å²) in [7, 11) is 0. The van der Waals surface area contributed by atoms with Crippen LogP contribution < -0.4 is 5.32 Å². The first kappa shape index (κ1) is 12.0. The molecule has 1 heterocycles. The van der Waals surface area contributed by atoms with E-state index in [1.165, 1.54) is 11.8 Å². The van der Waals surface area contributed by atoms with E-state index in [9.17, 15) is 4.79 Å². The molecule has 0 radical (unpaired) electrons. The molecular formula is C10H14N2O2S. The van der Waals surface area contributed by atoms with Crippen molar-refractivity contribution in [1.29, 1.82) is 0 Å². The Morgan fingerprint density at radius 1 is 1.67 bits per heavy atom.